The smallest absolute Gasteiger partial charge is 0.286 e. The molecule has 0 spiro atoms. The molecule has 0 saturated heterocycles. The van der Waals surface area contributed by atoms with Crippen LogP contribution in [0.3, 0.4) is 0 Å². The summed E-state index contributed by atoms with van der Waals surface area (Å²) >= 11 is 0. The summed E-state index contributed by atoms with van der Waals surface area (Å²) in [5.41, 5.74) is 2.41. The number of nitrogens with one attached hydrogen (secondary N) is 2. The van der Waals surface area contributed by atoms with Gasteiger partial charge in [-0.25, -0.2) is 4.98 Å². The number of benzene rings is 2. The second-order valence-electron chi connectivity index (χ2n) is 8.53. The number of aromatic nitrogens is 2. The number of allylic oxidation sites excluding steroid dienone is 1. The van der Waals surface area contributed by atoms with Gasteiger partial charge >= 0.3 is 0 Å². The third-order valence-electron chi connectivity index (χ3n) is 6.01. The first-order chi connectivity index (χ1) is 18.1. The van der Waals surface area contributed by atoms with Crippen LogP contribution in [0.1, 0.15) is 23.7 Å². The molecule has 0 radical (unpaired) electrons. The molecule has 1 aliphatic heterocycles. The topological polar surface area (TPSA) is 136 Å². The highest BCUT2D eigenvalue weighted by molar-refractivity contribution is 5.91. The average molecular weight is 506 g/mol. The predicted molar refractivity (Wildman–Crippen MR) is 135 cm³/mol. The minimum atomic E-state index is -0.787. The van der Waals surface area contributed by atoms with E-state index >= 15 is 0 Å². The van der Waals surface area contributed by atoms with Gasteiger partial charge in [0.2, 0.25) is 6.29 Å². The van der Waals surface area contributed by atoms with Gasteiger partial charge in [0.1, 0.15) is 11.4 Å². The van der Waals surface area contributed by atoms with E-state index in [1.165, 1.54) is 6.26 Å². The highest BCUT2D eigenvalue weighted by atomic mass is 16.7. The predicted octanol–water partition coefficient (Wildman–Crippen LogP) is 2.73. The molecular formula is C27H27N3O7. The number of para-hydroxylation sites is 3. The van der Waals surface area contributed by atoms with Crippen LogP contribution >= 0.6 is 0 Å². The highest BCUT2D eigenvalue weighted by Gasteiger charge is 2.30. The molecule has 0 bridgehead atoms. The van der Waals surface area contributed by atoms with E-state index in [1.54, 1.807) is 30.3 Å². The molecule has 5 rings (SSSR count). The number of aromatic amines is 1. The molecule has 192 valence electrons. The number of carbonyl (C=O) groups excluding carboxylic acids is 1. The molecule has 1 amide bonds. The maximum atomic E-state index is 13.2. The summed E-state index contributed by atoms with van der Waals surface area (Å²) in [5, 5.41) is 12.1. The van der Waals surface area contributed by atoms with Gasteiger partial charge in [-0.3, -0.25) is 9.59 Å². The van der Waals surface area contributed by atoms with Gasteiger partial charge < -0.3 is 34.0 Å². The Bertz CT molecular complexity index is 1440. The maximum Gasteiger partial charge on any atom is 0.286 e. The largest absolute Gasteiger partial charge is 0.464 e. The number of hydrogen-bond acceptors (Lipinski definition) is 8. The normalized spacial score (nSPS) is 17.5. The number of ether oxygens (including phenoxy) is 3. The number of nitrogens with zero attached hydrogens (tertiary/aromatic N) is 1. The molecule has 0 fully saturated rings. The van der Waals surface area contributed by atoms with Gasteiger partial charge in [-0.05, 0) is 30.3 Å². The Morgan fingerprint density at radius 1 is 1.14 bits per heavy atom. The van der Waals surface area contributed by atoms with Crippen molar-refractivity contribution in [3.63, 3.8) is 0 Å². The minimum absolute atomic E-state index is 0.0428. The van der Waals surface area contributed by atoms with E-state index in [9.17, 15) is 9.59 Å². The van der Waals surface area contributed by atoms with Crippen molar-refractivity contribution in [3.8, 4) is 0 Å². The Kier molecular flexibility index (Phi) is 7.59. The molecule has 10 nitrogen and oxygen atoms in total. The van der Waals surface area contributed by atoms with Crippen LogP contribution in [0.25, 0.3) is 22.0 Å². The molecule has 0 unspecified atom stereocenters. The Morgan fingerprint density at radius 2 is 1.97 bits per heavy atom. The van der Waals surface area contributed by atoms with Crippen LogP contribution in [-0.2, 0) is 25.5 Å². The van der Waals surface area contributed by atoms with Gasteiger partial charge in [0, 0.05) is 17.9 Å². The van der Waals surface area contributed by atoms with E-state index in [0.29, 0.717) is 28.8 Å². The zero-order valence-corrected chi connectivity index (χ0v) is 20.0. The van der Waals surface area contributed by atoms with E-state index in [0.717, 1.165) is 11.0 Å². The number of carbonyl (C=O) groups is 1. The van der Waals surface area contributed by atoms with Crippen LogP contribution in [0.5, 0.6) is 0 Å². The first kappa shape index (κ1) is 24.7. The molecule has 3 N–H and O–H groups in total. The van der Waals surface area contributed by atoms with Crippen molar-refractivity contribution < 1.29 is 28.5 Å². The average Bonchev–Trinajstić information content (AvgIpc) is 3.35. The van der Waals surface area contributed by atoms with Crippen LogP contribution in [0.4, 0.5) is 0 Å². The Balaban J connectivity index is 1.35. The first-order valence-corrected chi connectivity index (χ1v) is 12.0. The van der Waals surface area contributed by atoms with Crippen molar-refractivity contribution in [2.75, 3.05) is 26.4 Å². The molecule has 3 heterocycles. The van der Waals surface area contributed by atoms with Crippen molar-refractivity contribution in [3.05, 3.63) is 88.2 Å². The summed E-state index contributed by atoms with van der Waals surface area (Å²) in [6.07, 6.45) is 2.58. The molecule has 2 aromatic heterocycles. The van der Waals surface area contributed by atoms with Crippen molar-refractivity contribution in [1.82, 2.24) is 15.3 Å². The van der Waals surface area contributed by atoms with Crippen LogP contribution < -0.4 is 10.7 Å². The zero-order valence-electron chi connectivity index (χ0n) is 20.0. The summed E-state index contributed by atoms with van der Waals surface area (Å²) in [4.78, 5) is 33.9. The SMILES string of the molecule is O=C(NCc1nc2ccccc2[nH]1)C1=C[C@H](c2coc3ccccc3c2=O)C[C@H](OCCOCCO)O1. The molecule has 4 aromatic rings. The van der Waals surface area contributed by atoms with E-state index < -0.39 is 18.1 Å². The Labute approximate surface area is 211 Å². The number of imidazole rings is 1. The maximum absolute atomic E-state index is 13.2. The molecule has 2 atom stereocenters. The number of hydrogen-bond donors (Lipinski definition) is 3. The van der Waals surface area contributed by atoms with E-state index in [2.05, 4.69) is 15.3 Å². The number of aliphatic hydroxyl groups is 1. The molecule has 1 aliphatic rings. The van der Waals surface area contributed by atoms with Crippen molar-refractivity contribution >= 4 is 27.9 Å². The number of rotatable bonds is 10. The van der Waals surface area contributed by atoms with Crippen molar-refractivity contribution in [1.29, 1.82) is 0 Å². The second kappa shape index (κ2) is 11.4. The van der Waals surface area contributed by atoms with E-state index in [1.807, 2.05) is 24.3 Å². The Morgan fingerprint density at radius 3 is 2.84 bits per heavy atom. The lowest BCUT2D eigenvalue weighted by molar-refractivity contribution is -0.151. The van der Waals surface area contributed by atoms with Gasteiger partial charge in [-0.1, -0.05) is 24.3 Å². The molecule has 37 heavy (non-hydrogen) atoms. The van der Waals surface area contributed by atoms with Gasteiger partial charge in [0.25, 0.3) is 5.91 Å². The summed E-state index contributed by atoms with van der Waals surface area (Å²) in [5.74, 6) is -0.280. The minimum Gasteiger partial charge on any atom is -0.464 e. The number of H-pyrrole nitrogens is 1. The van der Waals surface area contributed by atoms with E-state index in [4.69, 9.17) is 23.7 Å². The van der Waals surface area contributed by atoms with Crippen molar-refractivity contribution in [2.24, 2.45) is 0 Å². The monoisotopic (exact) mass is 505 g/mol. The quantitative estimate of drug-likeness (QED) is 0.280. The van der Waals surface area contributed by atoms with Crippen LogP contribution in [0.15, 0.2) is 75.8 Å². The summed E-state index contributed by atoms with van der Waals surface area (Å²) in [6, 6.07) is 14.6. The molecular weight excluding hydrogens is 478 g/mol. The van der Waals surface area contributed by atoms with Gasteiger partial charge in [-0.2, -0.15) is 0 Å². The summed E-state index contributed by atoms with van der Waals surface area (Å²) in [7, 11) is 0. The summed E-state index contributed by atoms with van der Waals surface area (Å²) < 4.78 is 22.6. The van der Waals surface area contributed by atoms with Gasteiger partial charge in [-0.15, -0.1) is 0 Å². The molecule has 2 aromatic carbocycles. The molecule has 0 saturated carbocycles. The number of amides is 1. The van der Waals surface area contributed by atoms with Gasteiger partial charge in [0.15, 0.2) is 11.2 Å². The van der Waals surface area contributed by atoms with Crippen LogP contribution in [0, 0.1) is 0 Å². The van der Waals surface area contributed by atoms with Crippen LogP contribution in [-0.4, -0.2) is 53.7 Å². The standard InChI is InChI=1S/C27H27N3O7/c31-9-10-34-11-12-35-25-14-17(19-16-36-22-8-4-1-5-18(22)26(19)32)13-23(37-25)27(33)28-15-24-29-20-6-2-3-7-21(20)30-24/h1-8,13,16-17,25,31H,9-12,14-15H2,(H,28,33)(H,29,30)/t17-,25+/m0/s1. The highest BCUT2D eigenvalue weighted by Crippen LogP contribution is 2.31. The lowest BCUT2D eigenvalue weighted by Crippen LogP contribution is -2.34. The number of fused-ring (bicyclic) bond motifs is 2. The fourth-order valence-electron chi connectivity index (χ4n) is 4.23. The Hall–Kier alpha value is -3.99. The van der Waals surface area contributed by atoms with Crippen molar-refractivity contribution in [2.45, 2.75) is 25.2 Å². The summed E-state index contributed by atoms with van der Waals surface area (Å²) in [6.45, 7) is 0.721. The second-order valence-corrected chi connectivity index (χ2v) is 8.53. The number of aliphatic hydroxyl groups excluding tert-OH is 1. The third-order valence-corrected chi connectivity index (χ3v) is 6.01. The third kappa shape index (κ3) is 5.72. The van der Waals surface area contributed by atoms with Crippen LogP contribution in [0.2, 0.25) is 0 Å². The molecule has 10 heteroatoms. The first-order valence-electron chi connectivity index (χ1n) is 12.0. The fraction of sp³-hybridized carbons (Fsp3) is 0.296. The van der Waals surface area contributed by atoms with Gasteiger partial charge in [0.05, 0.1) is 55.7 Å². The fourth-order valence-corrected chi connectivity index (χ4v) is 4.23. The van der Waals surface area contributed by atoms with E-state index in [-0.39, 0.29) is 44.2 Å². The molecule has 0 aliphatic carbocycles. The lowest BCUT2D eigenvalue weighted by Gasteiger charge is -2.29. The zero-order chi connectivity index (χ0) is 25.6. The lowest BCUT2D eigenvalue weighted by atomic mass is 9.93.